The van der Waals surface area contributed by atoms with Gasteiger partial charge in [0.1, 0.15) is 0 Å². The van der Waals surface area contributed by atoms with Gasteiger partial charge in [-0.1, -0.05) is 19.1 Å². The summed E-state index contributed by atoms with van der Waals surface area (Å²) in [6.07, 6.45) is 3.46. The standard InChI is InChI=1S/C17H24N2O3/c1-12(10-13(2)20)11-19-16(21)9-6-14-4-7-15(8-5-14)17(22)18-3/h4-9,12-13,20H,10-11H2,1-3H3,(H,18,22)(H,19,21). The number of carbonyl (C=O) groups is 2. The second kappa shape index (κ2) is 9.00. The summed E-state index contributed by atoms with van der Waals surface area (Å²) in [6.45, 7) is 4.25. The summed E-state index contributed by atoms with van der Waals surface area (Å²) < 4.78 is 0. The van der Waals surface area contributed by atoms with Crippen molar-refractivity contribution >= 4 is 17.9 Å². The lowest BCUT2D eigenvalue weighted by molar-refractivity contribution is -0.116. The number of nitrogens with one attached hydrogen (secondary N) is 2. The molecule has 5 heteroatoms. The van der Waals surface area contributed by atoms with Gasteiger partial charge in [0, 0.05) is 25.2 Å². The summed E-state index contributed by atoms with van der Waals surface area (Å²) >= 11 is 0. The van der Waals surface area contributed by atoms with E-state index in [0.29, 0.717) is 18.5 Å². The monoisotopic (exact) mass is 304 g/mol. The van der Waals surface area contributed by atoms with Crippen molar-refractivity contribution in [1.29, 1.82) is 0 Å². The van der Waals surface area contributed by atoms with E-state index in [0.717, 1.165) is 5.56 Å². The van der Waals surface area contributed by atoms with Crippen LogP contribution in [0.15, 0.2) is 30.3 Å². The molecule has 3 N–H and O–H groups in total. The van der Waals surface area contributed by atoms with Crippen LogP contribution in [0.2, 0.25) is 0 Å². The van der Waals surface area contributed by atoms with Crippen LogP contribution in [0.5, 0.6) is 0 Å². The van der Waals surface area contributed by atoms with Crippen LogP contribution in [0.3, 0.4) is 0 Å². The van der Waals surface area contributed by atoms with Gasteiger partial charge >= 0.3 is 0 Å². The molecule has 0 aliphatic carbocycles. The molecule has 0 aliphatic rings. The number of rotatable bonds is 7. The molecule has 2 amide bonds. The van der Waals surface area contributed by atoms with Gasteiger partial charge in [-0.2, -0.15) is 0 Å². The van der Waals surface area contributed by atoms with E-state index in [1.165, 1.54) is 6.08 Å². The fourth-order valence-electron chi connectivity index (χ4n) is 2.06. The van der Waals surface area contributed by atoms with Crippen molar-refractivity contribution in [2.24, 2.45) is 5.92 Å². The van der Waals surface area contributed by atoms with E-state index >= 15 is 0 Å². The lowest BCUT2D eigenvalue weighted by atomic mass is 10.0. The molecule has 0 aromatic heterocycles. The Labute approximate surface area is 131 Å². The van der Waals surface area contributed by atoms with E-state index in [1.807, 2.05) is 6.92 Å². The highest BCUT2D eigenvalue weighted by molar-refractivity contribution is 5.94. The van der Waals surface area contributed by atoms with Crippen LogP contribution in [-0.4, -0.2) is 36.6 Å². The van der Waals surface area contributed by atoms with Crippen molar-refractivity contribution in [2.75, 3.05) is 13.6 Å². The first kappa shape index (κ1) is 17.9. The maximum Gasteiger partial charge on any atom is 0.251 e. The number of aliphatic hydroxyl groups excluding tert-OH is 1. The fourth-order valence-corrected chi connectivity index (χ4v) is 2.06. The van der Waals surface area contributed by atoms with Crippen LogP contribution < -0.4 is 10.6 Å². The maximum atomic E-state index is 11.7. The van der Waals surface area contributed by atoms with Gasteiger partial charge in [0.15, 0.2) is 0 Å². The zero-order valence-corrected chi connectivity index (χ0v) is 13.3. The van der Waals surface area contributed by atoms with Crippen LogP contribution in [0.25, 0.3) is 6.08 Å². The molecule has 5 nitrogen and oxygen atoms in total. The number of hydrogen-bond acceptors (Lipinski definition) is 3. The molecule has 1 aromatic rings. The molecule has 1 rings (SSSR count). The second-order valence-electron chi connectivity index (χ2n) is 5.47. The first-order valence-corrected chi connectivity index (χ1v) is 7.38. The summed E-state index contributed by atoms with van der Waals surface area (Å²) in [5.41, 5.74) is 1.43. The molecule has 0 bridgehead atoms. The van der Waals surface area contributed by atoms with Crippen LogP contribution in [0, 0.1) is 5.92 Å². The van der Waals surface area contributed by atoms with E-state index in [4.69, 9.17) is 0 Å². The Balaban J connectivity index is 2.47. The highest BCUT2D eigenvalue weighted by Crippen LogP contribution is 2.07. The number of amides is 2. The van der Waals surface area contributed by atoms with Crippen molar-refractivity contribution in [3.05, 3.63) is 41.5 Å². The maximum absolute atomic E-state index is 11.7. The zero-order chi connectivity index (χ0) is 16.5. The third-order valence-corrected chi connectivity index (χ3v) is 3.20. The minimum atomic E-state index is -0.360. The average Bonchev–Trinajstić information content (AvgIpc) is 2.50. The lowest BCUT2D eigenvalue weighted by Gasteiger charge is -2.13. The van der Waals surface area contributed by atoms with Crippen molar-refractivity contribution < 1.29 is 14.7 Å². The lowest BCUT2D eigenvalue weighted by Crippen LogP contribution is -2.27. The summed E-state index contributed by atoms with van der Waals surface area (Å²) in [6, 6.07) is 6.98. The number of carbonyl (C=O) groups excluding carboxylic acids is 2. The molecule has 120 valence electrons. The van der Waals surface area contributed by atoms with Crippen LogP contribution in [0.4, 0.5) is 0 Å². The van der Waals surface area contributed by atoms with Crippen molar-refractivity contribution in [1.82, 2.24) is 10.6 Å². The minimum absolute atomic E-state index is 0.139. The quantitative estimate of drug-likeness (QED) is 0.669. The van der Waals surface area contributed by atoms with Gasteiger partial charge in [-0.05, 0) is 43.0 Å². The topological polar surface area (TPSA) is 78.4 Å². The first-order chi connectivity index (χ1) is 10.4. The van der Waals surface area contributed by atoms with Gasteiger partial charge in [-0.3, -0.25) is 9.59 Å². The Kier molecular flexibility index (Phi) is 7.32. The van der Waals surface area contributed by atoms with Gasteiger partial charge in [-0.15, -0.1) is 0 Å². The van der Waals surface area contributed by atoms with E-state index in [-0.39, 0.29) is 23.8 Å². The van der Waals surface area contributed by atoms with Crippen molar-refractivity contribution in [2.45, 2.75) is 26.4 Å². The van der Waals surface area contributed by atoms with Gasteiger partial charge in [0.25, 0.3) is 5.91 Å². The van der Waals surface area contributed by atoms with Crippen molar-refractivity contribution in [3.63, 3.8) is 0 Å². The smallest absolute Gasteiger partial charge is 0.251 e. The Morgan fingerprint density at radius 3 is 2.41 bits per heavy atom. The molecular formula is C17H24N2O3. The highest BCUT2D eigenvalue weighted by atomic mass is 16.3. The molecular weight excluding hydrogens is 280 g/mol. The molecule has 2 unspecified atom stereocenters. The largest absolute Gasteiger partial charge is 0.393 e. The Bertz CT molecular complexity index is 521. The molecule has 0 radical (unpaired) electrons. The summed E-state index contributed by atoms with van der Waals surface area (Å²) in [5, 5.41) is 14.6. The zero-order valence-electron chi connectivity index (χ0n) is 13.3. The summed E-state index contributed by atoms with van der Waals surface area (Å²) in [5.74, 6) is -0.0858. The first-order valence-electron chi connectivity index (χ1n) is 7.38. The molecule has 0 fully saturated rings. The van der Waals surface area contributed by atoms with Crippen LogP contribution >= 0.6 is 0 Å². The Morgan fingerprint density at radius 2 is 1.86 bits per heavy atom. The molecule has 0 aliphatic heterocycles. The fraction of sp³-hybridized carbons (Fsp3) is 0.412. The minimum Gasteiger partial charge on any atom is -0.393 e. The number of aliphatic hydroxyl groups is 1. The second-order valence-corrected chi connectivity index (χ2v) is 5.47. The molecule has 0 spiro atoms. The van der Waals surface area contributed by atoms with Gasteiger partial charge < -0.3 is 15.7 Å². The van der Waals surface area contributed by atoms with E-state index < -0.39 is 0 Å². The summed E-state index contributed by atoms with van der Waals surface area (Å²) in [4.78, 5) is 23.1. The molecule has 0 saturated carbocycles. The normalized spacial score (nSPS) is 13.6. The molecule has 22 heavy (non-hydrogen) atoms. The molecule has 0 heterocycles. The predicted molar refractivity (Wildman–Crippen MR) is 87.3 cm³/mol. The third-order valence-electron chi connectivity index (χ3n) is 3.20. The van der Waals surface area contributed by atoms with Gasteiger partial charge in [0.2, 0.25) is 5.91 Å². The number of hydrogen-bond donors (Lipinski definition) is 3. The van der Waals surface area contributed by atoms with E-state index in [9.17, 15) is 14.7 Å². The Hall–Kier alpha value is -2.14. The van der Waals surface area contributed by atoms with Gasteiger partial charge in [0.05, 0.1) is 6.10 Å². The van der Waals surface area contributed by atoms with Crippen molar-refractivity contribution in [3.8, 4) is 0 Å². The van der Waals surface area contributed by atoms with Gasteiger partial charge in [-0.25, -0.2) is 0 Å². The predicted octanol–water partition coefficient (Wildman–Crippen LogP) is 1.58. The average molecular weight is 304 g/mol. The van der Waals surface area contributed by atoms with Crippen LogP contribution in [0.1, 0.15) is 36.2 Å². The summed E-state index contributed by atoms with van der Waals surface area (Å²) in [7, 11) is 1.58. The third kappa shape index (κ3) is 6.54. The van der Waals surface area contributed by atoms with E-state index in [1.54, 1.807) is 44.3 Å². The Morgan fingerprint density at radius 1 is 1.23 bits per heavy atom. The highest BCUT2D eigenvalue weighted by Gasteiger charge is 2.07. The molecule has 0 saturated heterocycles. The number of benzene rings is 1. The van der Waals surface area contributed by atoms with E-state index in [2.05, 4.69) is 10.6 Å². The molecule has 2 atom stereocenters. The SMILES string of the molecule is CNC(=O)c1ccc(C=CC(=O)NCC(C)CC(C)O)cc1. The molecule has 1 aromatic carbocycles. The van der Waals surface area contributed by atoms with Crippen LogP contribution in [-0.2, 0) is 4.79 Å².